The van der Waals surface area contributed by atoms with E-state index in [1.165, 1.54) is 6.92 Å². The Morgan fingerprint density at radius 2 is 1.87 bits per heavy atom. The molecule has 0 rings (SSSR count). The third kappa shape index (κ3) is 8.63. The van der Waals surface area contributed by atoms with Crippen LogP contribution < -0.4 is 5.09 Å². The molecule has 2 N–H and O–H groups in total. The summed E-state index contributed by atoms with van der Waals surface area (Å²) in [6, 6.07) is -0.881. The van der Waals surface area contributed by atoms with Gasteiger partial charge in [0.2, 0.25) is 0 Å². The number of hydrogen-bond acceptors (Lipinski definition) is 4. The quantitative estimate of drug-likeness (QED) is 0.561. The van der Waals surface area contributed by atoms with Gasteiger partial charge in [-0.15, -0.1) is 0 Å². The normalized spacial score (nSPS) is 16.4. The number of carbonyl (C=O) groups is 1. The van der Waals surface area contributed by atoms with E-state index in [4.69, 9.17) is 9.63 Å². The first-order valence-corrected chi connectivity index (χ1v) is 5.73. The summed E-state index contributed by atoms with van der Waals surface area (Å²) in [5.74, 6) is -0.591. The van der Waals surface area contributed by atoms with Crippen LogP contribution in [-0.2, 0) is 18.6 Å². The molecule has 0 saturated carbocycles. The number of esters is 1. The minimum atomic E-state index is -3.88. The van der Waals surface area contributed by atoms with Crippen LogP contribution in [-0.4, -0.2) is 30.1 Å². The standard InChI is InChI=1S/C7H16NO5P.Ar/c1-5(2)13-7(9)6(3)8-14(10,11)12-4;/h5-6H,1-4H3,(H2,8,10,11);. The van der Waals surface area contributed by atoms with Crippen LogP contribution in [0.3, 0.4) is 0 Å². The molecule has 0 aliphatic carbocycles. The summed E-state index contributed by atoms with van der Waals surface area (Å²) in [7, 11) is -2.80. The number of rotatable bonds is 5. The van der Waals surface area contributed by atoms with Gasteiger partial charge in [0, 0.05) is 44.8 Å². The summed E-state index contributed by atoms with van der Waals surface area (Å²) >= 11 is 0. The minimum Gasteiger partial charge on any atom is -0.462 e. The fraction of sp³-hybridized carbons (Fsp3) is 0.857. The molecule has 6 nitrogen and oxygen atoms in total. The molecule has 0 aliphatic rings. The third-order valence-electron chi connectivity index (χ3n) is 1.31. The molecule has 2 atom stereocenters. The van der Waals surface area contributed by atoms with Crippen molar-refractivity contribution in [3.8, 4) is 0 Å². The summed E-state index contributed by atoms with van der Waals surface area (Å²) in [6.45, 7) is 4.81. The number of carbonyl (C=O) groups excluding carboxylic acids is 1. The SMILES string of the molecule is COP(=O)(O)NC(C)C(=O)OC(C)C.[Ar]. The Hall–Kier alpha value is 0.840. The molecule has 0 spiro atoms. The number of nitrogens with one attached hydrogen (secondary N) is 1. The van der Waals surface area contributed by atoms with E-state index in [1.807, 2.05) is 0 Å². The van der Waals surface area contributed by atoms with Crippen molar-refractivity contribution in [2.24, 2.45) is 0 Å². The Morgan fingerprint density at radius 1 is 1.40 bits per heavy atom. The summed E-state index contributed by atoms with van der Waals surface area (Å²) in [5, 5.41) is 2.13. The van der Waals surface area contributed by atoms with Crippen molar-refractivity contribution in [1.29, 1.82) is 0 Å². The minimum absolute atomic E-state index is 0. The zero-order valence-electron chi connectivity index (χ0n) is 9.04. The molecule has 0 heterocycles. The zero-order chi connectivity index (χ0) is 11.4. The topological polar surface area (TPSA) is 84.9 Å². The van der Waals surface area contributed by atoms with Gasteiger partial charge in [-0.1, -0.05) is 0 Å². The second-order valence-corrected chi connectivity index (χ2v) is 4.70. The van der Waals surface area contributed by atoms with Gasteiger partial charge >= 0.3 is 13.7 Å². The van der Waals surface area contributed by atoms with E-state index < -0.39 is 19.8 Å². The van der Waals surface area contributed by atoms with Crippen molar-refractivity contribution in [2.75, 3.05) is 7.11 Å². The van der Waals surface area contributed by atoms with Crippen LogP contribution in [0.15, 0.2) is 0 Å². The van der Waals surface area contributed by atoms with Crippen LogP contribution >= 0.6 is 7.75 Å². The molecule has 0 bridgehead atoms. The summed E-state index contributed by atoms with van der Waals surface area (Å²) < 4.78 is 20.1. The third-order valence-corrected chi connectivity index (χ3v) is 2.52. The molecule has 92 valence electrons. The average Bonchev–Trinajstić information content (AvgIpc) is 2.02. The van der Waals surface area contributed by atoms with Crippen LogP contribution in [0.5, 0.6) is 0 Å². The van der Waals surface area contributed by atoms with Gasteiger partial charge in [-0.3, -0.25) is 4.79 Å². The fourth-order valence-corrected chi connectivity index (χ4v) is 1.38. The molecule has 0 saturated heterocycles. The molecule has 0 fully saturated rings. The van der Waals surface area contributed by atoms with Gasteiger partial charge in [0.25, 0.3) is 0 Å². The fourth-order valence-electron chi connectivity index (χ4n) is 0.684. The first kappa shape index (κ1) is 18.2. The predicted octanol–water partition coefficient (Wildman–Crippen LogP) is 0.663. The summed E-state index contributed by atoms with van der Waals surface area (Å²) in [6.07, 6.45) is -0.257. The molecular weight excluding hydrogens is 249 g/mol. The Morgan fingerprint density at radius 3 is 2.20 bits per heavy atom. The van der Waals surface area contributed by atoms with Gasteiger partial charge in [-0.2, -0.15) is 0 Å². The maximum Gasteiger partial charge on any atom is 0.403 e. The maximum atomic E-state index is 11.2. The summed E-state index contributed by atoms with van der Waals surface area (Å²) in [4.78, 5) is 20.2. The van der Waals surface area contributed by atoms with Crippen LogP contribution in [0.1, 0.15) is 20.8 Å². The molecule has 15 heavy (non-hydrogen) atoms. The van der Waals surface area contributed by atoms with E-state index in [1.54, 1.807) is 13.8 Å². The van der Waals surface area contributed by atoms with Crippen LogP contribution in [0, 0.1) is 37.7 Å². The Balaban J connectivity index is 0. The van der Waals surface area contributed by atoms with Crippen LogP contribution in [0.2, 0.25) is 0 Å². The van der Waals surface area contributed by atoms with Crippen molar-refractivity contribution < 1.29 is 61.3 Å². The Labute approximate surface area is 119 Å². The maximum absolute atomic E-state index is 11.2. The molecule has 8 heteroatoms. The first-order valence-electron chi connectivity index (χ1n) is 4.15. The second kappa shape index (κ2) is 8.01. The Bertz CT molecular complexity index is 248. The van der Waals surface area contributed by atoms with E-state index >= 15 is 0 Å². The molecule has 0 aromatic heterocycles. The van der Waals surface area contributed by atoms with Gasteiger partial charge in [-0.05, 0) is 20.8 Å². The van der Waals surface area contributed by atoms with Crippen molar-refractivity contribution in [3.63, 3.8) is 0 Å². The molecule has 0 aromatic rings. The summed E-state index contributed by atoms with van der Waals surface area (Å²) in [5.41, 5.74) is 0. The predicted molar refractivity (Wildman–Crippen MR) is 50.7 cm³/mol. The Kier molecular flexibility index (Phi) is 9.72. The van der Waals surface area contributed by atoms with Gasteiger partial charge in [0.1, 0.15) is 6.04 Å². The number of hydrogen-bond donors (Lipinski definition) is 2. The molecule has 0 aliphatic heterocycles. The van der Waals surface area contributed by atoms with Crippen molar-refractivity contribution in [2.45, 2.75) is 32.9 Å². The van der Waals surface area contributed by atoms with Gasteiger partial charge in [0.05, 0.1) is 6.10 Å². The monoisotopic (exact) mass is 265 g/mol. The van der Waals surface area contributed by atoms with E-state index in [0.717, 1.165) is 7.11 Å². The van der Waals surface area contributed by atoms with Gasteiger partial charge in [-0.25, -0.2) is 9.65 Å². The zero-order valence-corrected chi connectivity index (χ0v) is 10.6. The van der Waals surface area contributed by atoms with E-state index in [-0.39, 0.29) is 43.8 Å². The second-order valence-electron chi connectivity index (χ2n) is 3.04. The van der Waals surface area contributed by atoms with E-state index in [2.05, 4.69) is 9.61 Å². The molecule has 0 amide bonds. The van der Waals surface area contributed by atoms with Gasteiger partial charge in [0.15, 0.2) is 0 Å². The smallest absolute Gasteiger partial charge is 0.403 e. The van der Waals surface area contributed by atoms with Crippen molar-refractivity contribution in [3.05, 3.63) is 0 Å². The molecule has 0 radical (unpaired) electrons. The van der Waals surface area contributed by atoms with Crippen LogP contribution in [0.25, 0.3) is 0 Å². The molecular formula is C7H16ArNO5P. The largest absolute Gasteiger partial charge is 0.462 e. The molecule has 0 aromatic carbocycles. The van der Waals surface area contributed by atoms with E-state index in [9.17, 15) is 9.36 Å². The number of ether oxygens (including phenoxy) is 1. The van der Waals surface area contributed by atoms with Crippen LogP contribution in [0.4, 0.5) is 0 Å². The van der Waals surface area contributed by atoms with Gasteiger partial charge < -0.3 is 14.2 Å². The molecule has 2 unspecified atom stereocenters. The van der Waals surface area contributed by atoms with Crippen molar-refractivity contribution in [1.82, 2.24) is 5.09 Å². The van der Waals surface area contributed by atoms with Crippen molar-refractivity contribution >= 4 is 13.7 Å². The van der Waals surface area contributed by atoms with E-state index in [0.29, 0.717) is 0 Å². The first-order chi connectivity index (χ1) is 6.28. The average molecular weight is 265 g/mol.